The number of aliphatic hydroxyl groups excluding tert-OH is 3. The minimum absolute atomic E-state index is 0.153. The largest absolute Gasteiger partial charge is 0.394 e. The SMILES string of the molecule is OC[C@H]1OC(n2ccc3c(SC4C=CC=CC=C4)ncnc32)[C@H](O)[C@@H]1O. The second-order valence-corrected chi connectivity index (χ2v) is 7.27. The number of aliphatic hydroxyl groups is 3. The first-order chi connectivity index (χ1) is 12.7. The molecule has 4 atom stereocenters. The number of ether oxygens (including phenoxy) is 1. The average molecular weight is 373 g/mol. The Hall–Kier alpha value is -1.97. The molecule has 2 aliphatic rings. The number of fused-ring (bicyclic) bond motifs is 1. The zero-order valence-corrected chi connectivity index (χ0v) is 14.6. The summed E-state index contributed by atoms with van der Waals surface area (Å²) in [5.74, 6) is 0. The third kappa shape index (κ3) is 3.10. The van der Waals surface area contributed by atoms with E-state index in [1.807, 2.05) is 30.4 Å². The molecular formula is C18H19N3O4S. The zero-order valence-electron chi connectivity index (χ0n) is 13.8. The molecule has 0 aromatic carbocycles. The van der Waals surface area contributed by atoms with Crippen LogP contribution >= 0.6 is 11.8 Å². The van der Waals surface area contributed by atoms with E-state index in [2.05, 4.69) is 22.1 Å². The molecule has 1 fully saturated rings. The lowest BCUT2D eigenvalue weighted by molar-refractivity contribution is -0.0508. The van der Waals surface area contributed by atoms with E-state index in [9.17, 15) is 15.3 Å². The van der Waals surface area contributed by atoms with E-state index < -0.39 is 24.5 Å². The van der Waals surface area contributed by atoms with Crippen LogP contribution in [0, 0.1) is 0 Å². The van der Waals surface area contributed by atoms with Crippen LogP contribution in [-0.4, -0.2) is 60.0 Å². The van der Waals surface area contributed by atoms with Gasteiger partial charge in [0, 0.05) is 11.4 Å². The molecule has 0 spiro atoms. The van der Waals surface area contributed by atoms with Gasteiger partial charge in [-0.2, -0.15) is 0 Å². The quantitative estimate of drug-likeness (QED) is 0.692. The fraction of sp³-hybridized carbons (Fsp3) is 0.333. The Morgan fingerprint density at radius 3 is 2.54 bits per heavy atom. The standard InChI is InChI=1S/C18H19N3O4S/c22-9-13-14(23)15(24)18(25-13)21-8-7-12-16(21)19-10-20-17(12)26-11-5-3-1-2-4-6-11/h1-8,10-11,13-15,18,22-24H,9H2/t13-,14-,15-,18?/m1/s1. The molecule has 0 bridgehead atoms. The summed E-state index contributed by atoms with van der Waals surface area (Å²) in [6.07, 6.45) is 11.4. The van der Waals surface area contributed by atoms with Crippen molar-refractivity contribution in [1.82, 2.24) is 14.5 Å². The highest BCUT2D eigenvalue weighted by atomic mass is 32.2. The Morgan fingerprint density at radius 1 is 1.08 bits per heavy atom. The predicted molar refractivity (Wildman–Crippen MR) is 97.6 cm³/mol. The minimum atomic E-state index is -1.15. The number of hydrogen-bond acceptors (Lipinski definition) is 7. The summed E-state index contributed by atoms with van der Waals surface area (Å²) in [4.78, 5) is 8.72. The second-order valence-electron chi connectivity index (χ2n) is 6.11. The molecule has 1 unspecified atom stereocenters. The van der Waals surface area contributed by atoms with Gasteiger partial charge in [-0.05, 0) is 6.07 Å². The summed E-state index contributed by atoms with van der Waals surface area (Å²) in [6, 6.07) is 1.87. The van der Waals surface area contributed by atoms with Crippen molar-refractivity contribution >= 4 is 22.8 Å². The van der Waals surface area contributed by atoms with E-state index in [1.165, 1.54) is 6.33 Å². The van der Waals surface area contributed by atoms with Crippen LogP contribution in [0.4, 0.5) is 0 Å². The molecule has 136 valence electrons. The normalized spacial score (nSPS) is 28.9. The maximum absolute atomic E-state index is 10.3. The van der Waals surface area contributed by atoms with Crippen molar-refractivity contribution in [2.75, 3.05) is 6.61 Å². The lowest BCUT2D eigenvalue weighted by Crippen LogP contribution is -2.33. The van der Waals surface area contributed by atoms with Crippen LogP contribution in [0.5, 0.6) is 0 Å². The highest BCUT2D eigenvalue weighted by molar-refractivity contribution is 8.00. The Morgan fingerprint density at radius 2 is 1.85 bits per heavy atom. The molecule has 8 heteroatoms. The van der Waals surface area contributed by atoms with Crippen molar-refractivity contribution in [3.05, 3.63) is 55.0 Å². The summed E-state index contributed by atoms with van der Waals surface area (Å²) in [7, 11) is 0. The molecule has 0 amide bonds. The summed E-state index contributed by atoms with van der Waals surface area (Å²) in [5, 5.41) is 31.4. The van der Waals surface area contributed by atoms with Crippen LogP contribution in [0.3, 0.4) is 0 Å². The maximum atomic E-state index is 10.3. The molecule has 1 saturated heterocycles. The van der Waals surface area contributed by atoms with E-state index in [-0.39, 0.29) is 11.9 Å². The average Bonchev–Trinajstić information content (AvgIpc) is 3.08. The van der Waals surface area contributed by atoms with E-state index in [1.54, 1.807) is 22.5 Å². The first-order valence-electron chi connectivity index (χ1n) is 8.31. The van der Waals surface area contributed by atoms with Crippen molar-refractivity contribution in [2.24, 2.45) is 0 Å². The highest BCUT2D eigenvalue weighted by Gasteiger charge is 2.43. The van der Waals surface area contributed by atoms with E-state index in [0.717, 1.165) is 10.4 Å². The van der Waals surface area contributed by atoms with E-state index in [0.29, 0.717) is 5.65 Å². The predicted octanol–water partition coefficient (Wildman–Crippen LogP) is 1.19. The first kappa shape index (κ1) is 17.4. The maximum Gasteiger partial charge on any atom is 0.164 e. The van der Waals surface area contributed by atoms with Crippen molar-refractivity contribution in [1.29, 1.82) is 0 Å². The lowest BCUT2D eigenvalue weighted by atomic mass is 10.1. The first-order valence-corrected chi connectivity index (χ1v) is 9.19. The fourth-order valence-corrected chi connectivity index (χ4v) is 4.09. The van der Waals surface area contributed by atoms with Gasteiger partial charge >= 0.3 is 0 Å². The molecule has 4 rings (SSSR count). The molecule has 26 heavy (non-hydrogen) atoms. The Balaban J connectivity index is 1.65. The van der Waals surface area contributed by atoms with E-state index >= 15 is 0 Å². The monoisotopic (exact) mass is 373 g/mol. The number of aromatic nitrogens is 3. The van der Waals surface area contributed by atoms with Gasteiger partial charge < -0.3 is 24.6 Å². The molecule has 2 aromatic heterocycles. The van der Waals surface area contributed by atoms with Gasteiger partial charge in [0.05, 0.1) is 12.0 Å². The fourth-order valence-electron chi connectivity index (χ4n) is 3.10. The van der Waals surface area contributed by atoms with Crippen LogP contribution in [0.15, 0.2) is 60.1 Å². The number of thioether (sulfide) groups is 1. The molecule has 1 aliphatic heterocycles. The molecular weight excluding hydrogens is 354 g/mol. The van der Waals surface area contributed by atoms with Crippen LogP contribution in [-0.2, 0) is 4.74 Å². The minimum Gasteiger partial charge on any atom is -0.394 e. The zero-order chi connectivity index (χ0) is 18.1. The third-order valence-corrected chi connectivity index (χ3v) is 5.58. The molecule has 3 N–H and O–H groups in total. The van der Waals surface area contributed by atoms with Crippen molar-refractivity contribution < 1.29 is 20.1 Å². The Labute approximate surface area is 154 Å². The van der Waals surface area contributed by atoms with E-state index in [4.69, 9.17) is 4.74 Å². The number of nitrogens with zero attached hydrogens (tertiary/aromatic N) is 3. The highest BCUT2D eigenvalue weighted by Crippen LogP contribution is 2.35. The van der Waals surface area contributed by atoms with Gasteiger partial charge in [-0.3, -0.25) is 0 Å². The van der Waals surface area contributed by atoms with Crippen molar-refractivity contribution in [2.45, 2.75) is 34.8 Å². The van der Waals surface area contributed by atoms with Crippen LogP contribution in [0.2, 0.25) is 0 Å². The summed E-state index contributed by atoms with van der Waals surface area (Å²) < 4.78 is 7.28. The van der Waals surface area contributed by atoms with Gasteiger partial charge in [0.15, 0.2) is 6.23 Å². The molecule has 0 radical (unpaired) electrons. The van der Waals surface area contributed by atoms with Gasteiger partial charge in [0.1, 0.15) is 35.3 Å². The topological polar surface area (TPSA) is 101 Å². The Bertz CT molecular complexity index is 862. The van der Waals surface area contributed by atoms with Crippen LogP contribution in [0.25, 0.3) is 11.0 Å². The van der Waals surface area contributed by atoms with Crippen molar-refractivity contribution in [3.63, 3.8) is 0 Å². The molecule has 2 aromatic rings. The summed E-state index contributed by atoms with van der Waals surface area (Å²) in [6.45, 7) is -0.363. The van der Waals surface area contributed by atoms with Gasteiger partial charge in [0.2, 0.25) is 0 Å². The molecule has 7 nitrogen and oxygen atoms in total. The molecule has 3 heterocycles. The Kier molecular flexibility index (Phi) is 4.92. The second kappa shape index (κ2) is 7.34. The molecule has 0 saturated carbocycles. The molecule has 1 aliphatic carbocycles. The van der Waals surface area contributed by atoms with Gasteiger partial charge in [-0.1, -0.05) is 48.2 Å². The van der Waals surface area contributed by atoms with Crippen LogP contribution in [0.1, 0.15) is 6.23 Å². The number of rotatable bonds is 4. The van der Waals surface area contributed by atoms with Gasteiger partial charge in [-0.15, -0.1) is 0 Å². The third-order valence-electron chi connectivity index (χ3n) is 4.45. The summed E-state index contributed by atoms with van der Waals surface area (Å²) >= 11 is 1.60. The van der Waals surface area contributed by atoms with Gasteiger partial charge in [-0.25, -0.2) is 9.97 Å². The van der Waals surface area contributed by atoms with Gasteiger partial charge in [0.25, 0.3) is 0 Å². The smallest absolute Gasteiger partial charge is 0.164 e. The van der Waals surface area contributed by atoms with Crippen molar-refractivity contribution in [3.8, 4) is 0 Å². The number of allylic oxidation sites excluding steroid dienone is 4. The number of hydrogen-bond donors (Lipinski definition) is 3. The lowest BCUT2D eigenvalue weighted by Gasteiger charge is -2.17. The van der Waals surface area contributed by atoms with Crippen LogP contribution < -0.4 is 0 Å². The summed E-state index contributed by atoms with van der Waals surface area (Å²) in [5.41, 5.74) is 0.608.